The van der Waals surface area contributed by atoms with Gasteiger partial charge in [0.2, 0.25) is 0 Å². The maximum Gasteiger partial charge on any atom is 0.276 e. The predicted octanol–water partition coefficient (Wildman–Crippen LogP) is 3.51. The Morgan fingerprint density at radius 3 is 2.40 bits per heavy atom. The van der Waals surface area contributed by atoms with Gasteiger partial charge in [-0.3, -0.25) is 4.79 Å². The Hall–Kier alpha value is -3.19. The zero-order chi connectivity index (χ0) is 21.1. The number of methoxy groups -OCH3 is 1. The summed E-state index contributed by atoms with van der Waals surface area (Å²) in [5.41, 5.74) is 3.44. The summed E-state index contributed by atoms with van der Waals surface area (Å²) in [6, 6.07) is 15.5. The van der Waals surface area contributed by atoms with Crippen LogP contribution < -0.4 is 10.1 Å². The number of nitrogens with one attached hydrogen (secondary N) is 1. The minimum atomic E-state index is -0.254. The second-order valence-corrected chi connectivity index (χ2v) is 8.13. The third-order valence-corrected chi connectivity index (χ3v) is 5.78. The zero-order valence-corrected chi connectivity index (χ0v) is 17.6. The van der Waals surface area contributed by atoms with Crippen LogP contribution in [0.4, 0.5) is 5.69 Å². The Kier molecular flexibility index (Phi) is 5.55. The first-order valence-electron chi connectivity index (χ1n) is 10.1. The van der Waals surface area contributed by atoms with Crippen LogP contribution in [0.1, 0.15) is 35.3 Å². The van der Waals surface area contributed by atoms with E-state index in [2.05, 4.69) is 46.8 Å². The Morgan fingerprint density at radius 2 is 1.83 bits per heavy atom. The minimum absolute atomic E-state index is 0.239. The van der Waals surface area contributed by atoms with E-state index < -0.39 is 0 Å². The average Bonchev–Trinajstić information content (AvgIpc) is 3.21. The SMILES string of the molecule is COc1ccc(-n2nncc2C(=O)Nc2ccc(C3(CN(C)C)CCC3)cc2)cc1. The van der Waals surface area contributed by atoms with Gasteiger partial charge in [0.05, 0.1) is 19.0 Å². The van der Waals surface area contributed by atoms with Crippen molar-refractivity contribution in [3.05, 3.63) is 66.0 Å². The van der Waals surface area contributed by atoms with Crippen molar-refractivity contribution in [2.24, 2.45) is 0 Å². The van der Waals surface area contributed by atoms with Crippen LogP contribution in [0.25, 0.3) is 5.69 Å². The smallest absolute Gasteiger partial charge is 0.276 e. The molecule has 0 unspecified atom stereocenters. The van der Waals surface area contributed by atoms with Gasteiger partial charge in [0, 0.05) is 17.6 Å². The minimum Gasteiger partial charge on any atom is -0.497 e. The van der Waals surface area contributed by atoms with E-state index in [4.69, 9.17) is 4.74 Å². The van der Waals surface area contributed by atoms with E-state index in [1.165, 1.54) is 35.7 Å². The first-order chi connectivity index (χ1) is 14.5. The van der Waals surface area contributed by atoms with Gasteiger partial charge < -0.3 is 15.0 Å². The molecule has 1 aliphatic rings. The fourth-order valence-electron chi connectivity index (χ4n) is 4.15. The maximum absolute atomic E-state index is 12.8. The molecule has 1 aromatic heterocycles. The molecule has 1 aliphatic carbocycles. The standard InChI is InChI=1S/C23H27N5O2/c1-27(2)16-23(13-4-14-23)17-5-7-18(8-6-17)25-22(29)21-15-24-26-28(21)19-9-11-20(30-3)12-10-19/h5-12,15H,4,13-14,16H2,1-3H3,(H,25,29). The fraction of sp³-hybridized carbons (Fsp3) is 0.348. The number of amides is 1. The summed E-state index contributed by atoms with van der Waals surface area (Å²) < 4.78 is 6.70. The van der Waals surface area contributed by atoms with E-state index in [0.29, 0.717) is 5.69 Å². The molecule has 0 saturated heterocycles. The maximum atomic E-state index is 12.8. The van der Waals surface area contributed by atoms with Crippen LogP contribution in [-0.2, 0) is 5.41 Å². The molecule has 7 heteroatoms. The van der Waals surface area contributed by atoms with Crippen LogP contribution in [-0.4, -0.2) is 53.6 Å². The molecule has 7 nitrogen and oxygen atoms in total. The van der Waals surface area contributed by atoms with Crippen molar-refractivity contribution in [3.63, 3.8) is 0 Å². The van der Waals surface area contributed by atoms with Crippen LogP contribution >= 0.6 is 0 Å². The van der Waals surface area contributed by atoms with Crippen LogP contribution in [0.2, 0.25) is 0 Å². The van der Waals surface area contributed by atoms with Crippen molar-refractivity contribution in [1.29, 1.82) is 0 Å². The van der Waals surface area contributed by atoms with Gasteiger partial charge in [-0.05, 0) is 68.9 Å². The Balaban J connectivity index is 1.49. The molecule has 1 saturated carbocycles. The highest BCUT2D eigenvalue weighted by Gasteiger charge is 2.38. The quantitative estimate of drug-likeness (QED) is 0.651. The molecule has 0 atom stereocenters. The van der Waals surface area contributed by atoms with Crippen LogP contribution in [0.15, 0.2) is 54.7 Å². The molecule has 0 spiro atoms. The number of rotatable bonds is 7. The highest BCUT2D eigenvalue weighted by molar-refractivity contribution is 6.03. The van der Waals surface area contributed by atoms with Gasteiger partial charge in [-0.1, -0.05) is 23.8 Å². The molecule has 156 valence electrons. The number of nitrogens with zero attached hydrogens (tertiary/aromatic N) is 4. The zero-order valence-electron chi connectivity index (χ0n) is 17.6. The van der Waals surface area contributed by atoms with Gasteiger partial charge in [-0.15, -0.1) is 5.10 Å². The number of likely N-dealkylation sites (N-methyl/N-ethyl adjacent to an activating group) is 1. The highest BCUT2D eigenvalue weighted by Crippen LogP contribution is 2.44. The summed E-state index contributed by atoms with van der Waals surface area (Å²) >= 11 is 0. The van der Waals surface area contributed by atoms with Crippen molar-refractivity contribution in [1.82, 2.24) is 19.9 Å². The van der Waals surface area contributed by atoms with E-state index in [-0.39, 0.29) is 11.3 Å². The van der Waals surface area contributed by atoms with Crippen molar-refractivity contribution in [2.45, 2.75) is 24.7 Å². The van der Waals surface area contributed by atoms with Crippen molar-refractivity contribution < 1.29 is 9.53 Å². The largest absolute Gasteiger partial charge is 0.497 e. The molecule has 1 fully saturated rings. The number of anilines is 1. The molecule has 0 bridgehead atoms. The Labute approximate surface area is 176 Å². The highest BCUT2D eigenvalue weighted by atomic mass is 16.5. The monoisotopic (exact) mass is 405 g/mol. The Bertz CT molecular complexity index is 1000. The lowest BCUT2D eigenvalue weighted by Gasteiger charge is -2.44. The first kappa shape index (κ1) is 20.1. The summed E-state index contributed by atoms with van der Waals surface area (Å²) in [6.45, 7) is 1.05. The molecule has 1 heterocycles. The topological polar surface area (TPSA) is 72.3 Å². The lowest BCUT2D eigenvalue weighted by Crippen LogP contribution is -2.43. The Morgan fingerprint density at radius 1 is 1.13 bits per heavy atom. The summed E-state index contributed by atoms with van der Waals surface area (Å²) in [5.74, 6) is 0.485. The third kappa shape index (κ3) is 3.93. The molecule has 0 radical (unpaired) electrons. The lowest BCUT2D eigenvalue weighted by molar-refractivity contribution is 0.101. The second-order valence-electron chi connectivity index (χ2n) is 8.13. The van der Waals surface area contributed by atoms with E-state index in [1.807, 2.05) is 36.4 Å². The summed E-state index contributed by atoms with van der Waals surface area (Å²) in [6.07, 6.45) is 5.16. The van der Waals surface area contributed by atoms with Crippen molar-refractivity contribution in [3.8, 4) is 11.4 Å². The van der Waals surface area contributed by atoms with Gasteiger partial charge in [-0.25, -0.2) is 4.68 Å². The summed E-state index contributed by atoms with van der Waals surface area (Å²) in [7, 11) is 5.85. The van der Waals surface area contributed by atoms with Crippen LogP contribution in [0.3, 0.4) is 0 Å². The molecule has 0 aliphatic heterocycles. The van der Waals surface area contributed by atoms with Crippen molar-refractivity contribution in [2.75, 3.05) is 33.1 Å². The van der Waals surface area contributed by atoms with Gasteiger partial charge in [0.1, 0.15) is 5.75 Å². The van der Waals surface area contributed by atoms with E-state index in [9.17, 15) is 4.79 Å². The van der Waals surface area contributed by atoms with Gasteiger partial charge >= 0.3 is 0 Å². The molecular formula is C23H27N5O2. The number of aromatic nitrogens is 3. The average molecular weight is 406 g/mol. The molecular weight excluding hydrogens is 378 g/mol. The van der Waals surface area contributed by atoms with Crippen LogP contribution in [0.5, 0.6) is 5.75 Å². The first-order valence-corrected chi connectivity index (χ1v) is 10.1. The number of hydrogen-bond donors (Lipinski definition) is 1. The molecule has 3 aromatic rings. The predicted molar refractivity (Wildman–Crippen MR) is 116 cm³/mol. The van der Waals surface area contributed by atoms with E-state index >= 15 is 0 Å². The molecule has 4 rings (SSSR count). The molecule has 30 heavy (non-hydrogen) atoms. The third-order valence-electron chi connectivity index (χ3n) is 5.78. The van der Waals surface area contributed by atoms with E-state index in [0.717, 1.165) is 23.7 Å². The van der Waals surface area contributed by atoms with Gasteiger partial charge in [0.15, 0.2) is 5.69 Å². The van der Waals surface area contributed by atoms with Gasteiger partial charge in [0.25, 0.3) is 5.91 Å². The molecule has 2 aromatic carbocycles. The van der Waals surface area contributed by atoms with E-state index in [1.54, 1.807) is 7.11 Å². The number of carbonyl (C=O) groups is 1. The number of carbonyl (C=O) groups excluding carboxylic acids is 1. The fourth-order valence-corrected chi connectivity index (χ4v) is 4.15. The number of hydrogen-bond acceptors (Lipinski definition) is 5. The summed E-state index contributed by atoms with van der Waals surface area (Å²) in [4.78, 5) is 15.1. The van der Waals surface area contributed by atoms with Crippen molar-refractivity contribution >= 4 is 11.6 Å². The summed E-state index contributed by atoms with van der Waals surface area (Å²) in [5, 5.41) is 10.9. The number of ether oxygens (including phenoxy) is 1. The molecule has 1 amide bonds. The normalized spacial score (nSPS) is 14.9. The lowest BCUT2D eigenvalue weighted by atomic mass is 9.64. The number of benzene rings is 2. The second kappa shape index (κ2) is 8.28. The van der Waals surface area contributed by atoms with Gasteiger partial charge in [-0.2, -0.15) is 0 Å². The van der Waals surface area contributed by atoms with Crippen LogP contribution in [0, 0.1) is 0 Å². The molecule has 1 N–H and O–H groups in total.